The van der Waals surface area contributed by atoms with Crippen molar-refractivity contribution in [2.45, 2.75) is 31.1 Å². The SMILES string of the molecule is O=C(CCSCc1cnn(-c2ccccc2)c1-n1cccc1)NC1CC1. The number of thioether (sulfide) groups is 1. The molecule has 26 heavy (non-hydrogen) atoms. The number of nitrogens with zero attached hydrogens (tertiary/aromatic N) is 3. The van der Waals surface area contributed by atoms with Gasteiger partial charge in [-0.1, -0.05) is 18.2 Å². The lowest BCUT2D eigenvalue weighted by Crippen LogP contribution is -2.25. The first-order chi connectivity index (χ1) is 12.8. The fourth-order valence-electron chi connectivity index (χ4n) is 2.86. The number of carbonyl (C=O) groups excluding carboxylic acids is 1. The van der Waals surface area contributed by atoms with Crippen molar-refractivity contribution < 1.29 is 4.79 Å². The van der Waals surface area contributed by atoms with Gasteiger partial charge >= 0.3 is 0 Å². The highest BCUT2D eigenvalue weighted by atomic mass is 32.2. The van der Waals surface area contributed by atoms with Crippen molar-refractivity contribution in [2.75, 3.05) is 5.75 Å². The van der Waals surface area contributed by atoms with Crippen LogP contribution in [0.5, 0.6) is 0 Å². The Morgan fingerprint density at radius 2 is 1.92 bits per heavy atom. The van der Waals surface area contributed by atoms with E-state index in [9.17, 15) is 4.79 Å². The molecule has 134 valence electrons. The van der Waals surface area contributed by atoms with Gasteiger partial charge < -0.3 is 9.88 Å². The molecule has 0 radical (unpaired) electrons. The predicted molar refractivity (Wildman–Crippen MR) is 105 cm³/mol. The fraction of sp³-hybridized carbons (Fsp3) is 0.300. The summed E-state index contributed by atoms with van der Waals surface area (Å²) in [5.74, 6) is 2.87. The Morgan fingerprint density at radius 1 is 1.15 bits per heavy atom. The van der Waals surface area contributed by atoms with Crippen molar-refractivity contribution >= 4 is 17.7 Å². The quantitative estimate of drug-likeness (QED) is 0.620. The maximum atomic E-state index is 11.8. The summed E-state index contributed by atoms with van der Waals surface area (Å²) in [6.45, 7) is 0. The largest absolute Gasteiger partial charge is 0.353 e. The molecule has 0 bridgehead atoms. The van der Waals surface area contributed by atoms with E-state index in [0.29, 0.717) is 12.5 Å². The van der Waals surface area contributed by atoms with Gasteiger partial charge in [-0.3, -0.25) is 4.79 Å². The molecule has 2 aromatic heterocycles. The van der Waals surface area contributed by atoms with E-state index in [1.54, 1.807) is 11.8 Å². The molecule has 6 heteroatoms. The highest BCUT2D eigenvalue weighted by molar-refractivity contribution is 7.98. The smallest absolute Gasteiger partial charge is 0.221 e. The van der Waals surface area contributed by atoms with Crippen molar-refractivity contribution in [3.63, 3.8) is 0 Å². The number of hydrogen-bond acceptors (Lipinski definition) is 3. The molecule has 1 aromatic carbocycles. The summed E-state index contributed by atoms with van der Waals surface area (Å²) in [6.07, 6.45) is 8.85. The molecule has 1 aliphatic rings. The zero-order chi connectivity index (χ0) is 17.8. The van der Waals surface area contributed by atoms with Gasteiger partial charge in [0.05, 0.1) is 11.9 Å². The molecule has 1 N–H and O–H groups in total. The van der Waals surface area contributed by atoms with Crippen LogP contribution in [0.1, 0.15) is 24.8 Å². The molecule has 0 aliphatic heterocycles. The molecule has 1 fully saturated rings. The zero-order valence-corrected chi connectivity index (χ0v) is 15.4. The van der Waals surface area contributed by atoms with Gasteiger partial charge in [0.2, 0.25) is 5.91 Å². The Labute approximate surface area is 157 Å². The molecule has 5 nitrogen and oxygen atoms in total. The van der Waals surface area contributed by atoms with Gasteiger partial charge in [0, 0.05) is 41.9 Å². The van der Waals surface area contributed by atoms with Gasteiger partial charge in [0.15, 0.2) is 0 Å². The Bertz CT molecular complexity index is 853. The molecule has 0 atom stereocenters. The van der Waals surface area contributed by atoms with Crippen LogP contribution in [-0.2, 0) is 10.5 Å². The van der Waals surface area contributed by atoms with E-state index in [-0.39, 0.29) is 5.91 Å². The lowest BCUT2D eigenvalue weighted by molar-refractivity contribution is -0.120. The van der Waals surface area contributed by atoms with E-state index < -0.39 is 0 Å². The van der Waals surface area contributed by atoms with E-state index in [0.717, 1.165) is 41.4 Å². The monoisotopic (exact) mass is 366 g/mol. The molecule has 0 saturated heterocycles. The standard InChI is InChI=1S/C20H22N4OS/c25-19(22-17-8-9-17)10-13-26-15-16-14-21-24(18-6-2-1-3-7-18)20(16)23-11-4-5-12-23/h1-7,11-12,14,17H,8-10,13,15H2,(H,22,25). The van der Waals surface area contributed by atoms with E-state index >= 15 is 0 Å². The van der Waals surface area contributed by atoms with Crippen LogP contribution in [0.2, 0.25) is 0 Å². The Kier molecular flexibility index (Phi) is 5.11. The number of para-hydroxylation sites is 1. The van der Waals surface area contributed by atoms with Crippen molar-refractivity contribution in [1.29, 1.82) is 0 Å². The van der Waals surface area contributed by atoms with Crippen molar-refractivity contribution in [3.05, 3.63) is 66.6 Å². The zero-order valence-electron chi connectivity index (χ0n) is 14.5. The van der Waals surface area contributed by atoms with Crippen LogP contribution in [0.25, 0.3) is 11.5 Å². The lowest BCUT2D eigenvalue weighted by Gasteiger charge is -2.11. The number of benzene rings is 1. The predicted octanol–water partition coefficient (Wildman–Crippen LogP) is 3.56. The molecule has 0 unspecified atom stereocenters. The fourth-order valence-corrected chi connectivity index (χ4v) is 3.76. The van der Waals surface area contributed by atoms with Crippen molar-refractivity contribution in [2.24, 2.45) is 0 Å². The third kappa shape index (κ3) is 4.02. The summed E-state index contributed by atoms with van der Waals surface area (Å²) >= 11 is 1.77. The van der Waals surface area contributed by atoms with Gasteiger partial charge in [-0.05, 0) is 37.1 Å². The van der Waals surface area contributed by atoms with E-state index in [1.165, 1.54) is 0 Å². The summed E-state index contributed by atoms with van der Waals surface area (Å²) in [5.41, 5.74) is 2.20. The van der Waals surface area contributed by atoms with Gasteiger partial charge in [-0.2, -0.15) is 16.9 Å². The van der Waals surface area contributed by atoms with Crippen LogP contribution in [0.3, 0.4) is 0 Å². The number of nitrogens with one attached hydrogen (secondary N) is 1. The first kappa shape index (κ1) is 17.0. The molecule has 1 saturated carbocycles. The lowest BCUT2D eigenvalue weighted by atomic mass is 10.3. The molecule has 1 aliphatic carbocycles. The van der Waals surface area contributed by atoms with Crippen LogP contribution in [0.4, 0.5) is 0 Å². The number of aromatic nitrogens is 3. The molecular weight excluding hydrogens is 344 g/mol. The summed E-state index contributed by atoms with van der Waals surface area (Å²) in [6, 6.07) is 14.6. The number of rotatable bonds is 8. The second-order valence-corrected chi connectivity index (χ2v) is 7.58. The third-order valence-corrected chi connectivity index (χ3v) is 5.35. The van der Waals surface area contributed by atoms with Crippen LogP contribution in [-0.4, -0.2) is 32.0 Å². The molecule has 0 spiro atoms. The first-order valence-corrected chi connectivity index (χ1v) is 10.1. The molecule has 1 amide bonds. The molecule has 3 aromatic rings. The average Bonchev–Trinajstić information content (AvgIpc) is 3.15. The average molecular weight is 366 g/mol. The summed E-state index contributed by atoms with van der Waals surface area (Å²) in [7, 11) is 0. The van der Waals surface area contributed by atoms with Gasteiger partial charge in [-0.15, -0.1) is 0 Å². The van der Waals surface area contributed by atoms with E-state index in [2.05, 4.69) is 27.1 Å². The topological polar surface area (TPSA) is 51.9 Å². The third-order valence-electron chi connectivity index (χ3n) is 4.34. The summed E-state index contributed by atoms with van der Waals surface area (Å²) < 4.78 is 4.06. The van der Waals surface area contributed by atoms with Crippen LogP contribution in [0.15, 0.2) is 61.1 Å². The normalized spacial score (nSPS) is 13.7. The second-order valence-electron chi connectivity index (χ2n) is 6.48. The highest BCUT2D eigenvalue weighted by Crippen LogP contribution is 2.24. The van der Waals surface area contributed by atoms with Gasteiger partial charge in [-0.25, -0.2) is 4.68 Å². The summed E-state index contributed by atoms with van der Waals surface area (Å²) in [4.78, 5) is 11.8. The van der Waals surface area contributed by atoms with Crippen LogP contribution in [0, 0.1) is 0 Å². The van der Waals surface area contributed by atoms with E-state index in [4.69, 9.17) is 0 Å². The number of hydrogen-bond donors (Lipinski definition) is 1. The second kappa shape index (κ2) is 7.83. The van der Waals surface area contributed by atoms with Crippen molar-refractivity contribution in [3.8, 4) is 11.5 Å². The minimum Gasteiger partial charge on any atom is -0.353 e. The minimum absolute atomic E-state index is 0.172. The molecule has 2 heterocycles. The highest BCUT2D eigenvalue weighted by Gasteiger charge is 2.22. The number of amides is 1. The van der Waals surface area contributed by atoms with Crippen LogP contribution < -0.4 is 5.32 Å². The van der Waals surface area contributed by atoms with Crippen LogP contribution >= 0.6 is 11.8 Å². The first-order valence-electron chi connectivity index (χ1n) is 8.94. The van der Waals surface area contributed by atoms with Gasteiger partial charge in [0.1, 0.15) is 5.82 Å². The van der Waals surface area contributed by atoms with Crippen molar-refractivity contribution in [1.82, 2.24) is 19.7 Å². The number of carbonyl (C=O) groups is 1. The van der Waals surface area contributed by atoms with E-state index in [1.807, 2.05) is 53.6 Å². The Balaban J connectivity index is 1.45. The Morgan fingerprint density at radius 3 is 2.65 bits per heavy atom. The van der Waals surface area contributed by atoms with Gasteiger partial charge in [0.25, 0.3) is 0 Å². The molecular formula is C20H22N4OS. The summed E-state index contributed by atoms with van der Waals surface area (Å²) in [5, 5.41) is 7.65. The molecule has 4 rings (SSSR count). The maximum absolute atomic E-state index is 11.8. The maximum Gasteiger partial charge on any atom is 0.221 e. The minimum atomic E-state index is 0.172. The Hall–Kier alpha value is -2.47.